The number of hydrogen-bond acceptors (Lipinski definition) is 4. The van der Waals surface area contributed by atoms with Gasteiger partial charge in [0.15, 0.2) is 0 Å². The Morgan fingerprint density at radius 3 is 1.91 bits per heavy atom. The molecule has 3 atom stereocenters. The van der Waals surface area contributed by atoms with Gasteiger partial charge < -0.3 is 18.9 Å². The fourth-order valence-electron chi connectivity index (χ4n) is 4.46. The van der Waals surface area contributed by atoms with Crippen LogP contribution in [0.15, 0.2) is 60.7 Å². The second-order valence-corrected chi connectivity index (χ2v) is 9.27. The predicted molar refractivity (Wildman–Crippen MR) is 134 cm³/mol. The molecule has 3 unspecified atom stereocenters. The summed E-state index contributed by atoms with van der Waals surface area (Å²) in [6, 6.07) is 20.0. The molecule has 2 aromatic carbocycles. The molecule has 4 nitrogen and oxygen atoms in total. The number of para-hydroxylation sites is 2. The maximum absolute atomic E-state index is 6.64. The maximum atomic E-state index is 6.64. The van der Waals surface area contributed by atoms with E-state index in [-0.39, 0.29) is 18.1 Å². The van der Waals surface area contributed by atoms with Crippen LogP contribution in [0.4, 0.5) is 0 Å². The van der Waals surface area contributed by atoms with E-state index >= 15 is 0 Å². The van der Waals surface area contributed by atoms with Gasteiger partial charge in [0.1, 0.15) is 17.6 Å². The second kappa shape index (κ2) is 13.6. The molecule has 0 spiro atoms. The summed E-state index contributed by atoms with van der Waals surface area (Å²) in [6.45, 7) is 8.01. The summed E-state index contributed by atoms with van der Waals surface area (Å²) >= 11 is 0. The first-order valence-electron chi connectivity index (χ1n) is 12.9. The molecule has 1 aliphatic rings. The molecule has 0 saturated carbocycles. The van der Waals surface area contributed by atoms with Crippen LogP contribution in [0.5, 0.6) is 11.5 Å². The normalized spacial score (nSPS) is 17.4. The van der Waals surface area contributed by atoms with Crippen molar-refractivity contribution in [2.45, 2.75) is 90.1 Å². The molecule has 33 heavy (non-hydrogen) atoms. The fourth-order valence-corrected chi connectivity index (χ4v) is 4.46. The van der Waals surface area contributed by atoms with Gasteiger partial charge >= 0.3 is 0 Å². The van der Waals surface area contributed by atoms with Gasteiger partial charge in [0.2, 0.25) is 0 Å². The van der Waals surface area contributed by atoms with Crippen molar-refractivity contribution in [2.75, 3.05) is 13.2 Å². The Kier molecular flexibility index (Phi) is 10.6. The van der Waals surface area contributed by atoms with Crippen LogP contribution in [0.3, 0.4) is 0 Å². The monoisotopic (exact) mass is 454 g/mol. The summed E-state index contributed by atoms with van der Waals surface area (Å²) in [5, 5.41) is 0. The Morgan fingerprint density at radius 1 is 0.818 bits per heavy atom. The highest BCUT2D eigenvalue weighted by Gasteiger charge is 2.44. The molecule has 0 amide bonds. The third-order valence-electron chi connectivity index (χ3n) is 6.34. The van der Waals surface area contributed by atoms with E-state index in [2.05, 4.69) is 20.8 Å². The van der Waals surface area contributed by atoms with Crippen LogP contribution in [-0.4, -0.2) is 31.2 Å². The molecule has 1 saturated heterocycles. The highest BCUT2D eigenvalue weighted by atomic mass is 16.7. The summed E-state index contributed by atoms with van der Waals surface area (Å²) < 4.78 is 25.2. The van der Waals surface area contributed by atoms with E-state index in [1.54, 1.807) is 0 Å². The first-order chi connectivity index (χ1) is 16.1. The molecule has 1 aliphatic heterocycles. The lowest BCUT2D eigenvalue weighted by Gasteiger charge is -2.41. The highest BCUT2D eigenvalue weighted by molar-refractivity contribution is 5.24. The molecule has 2 aromatic rings. The van der Waals surface area contributed by atoms with E-state index < -0.39 is 5.79 Å². The third-order valence-corrected chi connectivity index (χ3v) is 6.34. The minimum atomic E-state index is -0.864. The molecule has 1 fully saturated rings. The molecular formula is C29H42O4. The minimum absolute atomic E-state index is 0.0493. The largest absolute Gasteiger partial charge is 0.452 e. The lowest BCUT2D eigenvalue weighted by Crippen LogP contribution is -2.52. The second-order valence-electron chi connectivity index (χ2n) is 9.27. The summed E-state index contributed by atoms with van der Waals surface area (Å²) in [5.74, 6) is 0.832. The SMILES string of the molecule is CCCCCCCC(OCC1CO1)C(CCC)C(C)(Oc1ccccc1)Oc1ccccc1. The summed E-state index contributed by atoms with van der Waals surface area (Å²) in [5.41, 5.74) is 0. The predicted octanol–water partition coefficient (Wildman–Crippen LogP) is 7.42. The van der Waals surface area contributed by atoms with E-state index in [9.17, 15) is 0 Å². The average Bonchev–Trinajstić information content (AvgIpc) is 3.65. The standard InChI is InChI=1S/C29H42O4/c1-4-6-7-8-15-21-28(31-23-26-22-30-26)27(16-5-2)29(3,32-24-17-11-9-12-18-24)33-25-19-13-10-14-20-25/h9-14,17-20,26-28H,4-8,15-16,21-23H2,1-3H3. The van der Waals surface area contributed by atoms with Gasteiger partial charge in [0.05, 0.1) is 25.2 Å². The molecular weight excluding hydrogens is 412 g/mol. The van der Waals surface area contributed by atoms with Gasteiger partial charge in [-0.1, -0.05) is 88.8 Å². The first-order valence-corrected chi connectivity index (χ1v) is 12.9. The number of unbranched alkanes of at least 4 members (excludes halogenated alkanes) is 4. The van der Waals surface area contributed by atoms with Crippen molar-refractivity contribution in [2.24, 2.45) is 5.92 Å². The van der Waals surface area contributed by atoms with Crippen molar-refractivity contribution in [1.29, 1.82) is 0 Å². The van der Waals surface area contributed by atoms with Crippen molar-refractivity contribution in [3.63, 3.8) is 0 Å². The molecule has 0 aliphatic carbocycles. The van der Waals surface area contributed by atoms with Crippen molar-refractivity contribution in [3.8, 4) is 11.5 Å². The van der Waals surface area contributed by atoms with Crippen molar-refractivity contribution < 1.29 is 18.9 Å². The molecule has 1 heterocycles. The number of epoxide rings is 1. The Morgan fingerprint density at radius 2 is 1.39 bits per heavy atom. The summed E-state index contributed by atoms with van der Waals surface area (Å²) in [4.78, 5) is 0. The van der Waals surface area contributed by atoms with Crippen molar-refractivity contribution in [1.82, 2.24) is 0 Å². The van der Waals surface area contributed by atoms with Gasteiger partial charge in [-0.3, -0.25) is 0 Å². The van der Waals surface area contributed by atoms with Crippen LogP contribution in [0, 0.1) is 5.92 Å². The summed E-state index contributed by atoms with van der Waals surface area (Å²) in [6.07, 6.45) is 9.52. The van der Waals surface area contributed by atoms with Gasteiger partial charge in [-0.2, -0.15) is 0 Å². The molecule has 4 heteroatoms. The number of rotatable bonds is 17. The zero-order valence-corrected chi connectivity index (χ0v) is 20.7. The van der Waals surface area contributed by atoms with Gasteiger partial charge in [0, 0.05) is 6.92 Å². The Hall–Kier alpha value is -2.04. The van der Waals surface area contributed by atoms with E-state index in [1.807, 2.05) is 60.7 Å². The molecule has 0 bridgehead atoms. The molecule has 0 radical (unpaired) electrons. The average molecular weight is 455 g/mol. The van der Waals surface area contributed by atoms with Crippen molar-refractivity contribution in [3.05, 3.63) is 60.7 Å². The third kappa shape index (κ3) is 8.68. The smallest absolute Gasteiger partial charge is 0.253 e. The molecule has 0 N–H and O–H groups in total. The first kappa shape index (κ1) is 25.6. The topological polar surface area (TPSA) is 40.2 Å². The van der Waals surface area contributed by atoms with Crippen LogP contribution < -0.4 is 9.47 Å². The lowest BCUT2D eigenvalue weighted by atomic mass is 9.85. The number of ether oxygens (including phenoxy) is 4. The van der Waals surface area contributed by atoms with Gasteiger partial charge in [0.25, 0.3) is 5.79 Å². The lowest BCUT2D eigenvalue weighted by molar-refractivity contribution is -0.182. The number of hydrogen-bond donors (Lipinski definition) is 0. The zero-order chi connectivity index (χ0) is 23.4. The minimum Gasteiger partial charge on any atom is -0.452 e. The van der Waals surface area contributed by atoms with Gasteiger partial charge in [-0.15, -0.1) is 0 Å². The Balaban J connectivity index is 1.83. The molecule has 0 aromatic heterocycles. The van der Waals surface area contributed by atoms with Crippen molar-refractivity contribution >= 4 is 0 Å². The highest BCUT2D eigenvalue weighted by Crippen LogP contribution is 2.36. The van der Waals surface area contributed by atoms with Crippen LogP contribution >= 0.6 is 0 Å². The van der Waals surface area contributed by atoms with E-state index in [1.165, 1.54) is 25.7 Å². The van der Waals surface area contributed by atoms with Crippen LogP contribution in [0.2, 0.25) is 0 Å². The summed E-state index contributed by atoms with van der Waals surface area (Å²) in [7, 11) is 0. The van der Waals surface area contributed by atoms with Gasteiger partial charge in [-0.05, 0) is 37.1 Å². The van der Waals surface area contributed by atoms with Crippen LogP contribution in [0.1, 0.15) is 72.1 Å². The number of benzene rings is 2. The van der Waals surface area contributed by atoms with Crippen LogP contribution in [0.25, 0.3) is 0 Å². The van der Waals surface area contributed by atoms with Gasteiger partial charge in [-0.25, -0.2) is 0 Å². The van der Waals surface area contributed by atoms with E-state index in [0.717, 1.165) is 43.8 Å². The van der Waals surface area contributed by atoms with E-state index in [4.69, 9.17) is 18.9 Å². The fraction of sp³-hybridized carbons (Fsp3) is 0.586. The molecule has 3 rings (SSSR count). The quantitative estimate of drug-likeness (QED) is 0.142. The van der Waals surface area contributed by atoms with Crippen LogP contribution in [-0.2, 0) is 9.47 Å². The Labute approximate surface area is 200 Å². The maximum Gasteiger partial charge on any atom is 0.253 e. The van der Waals surface area contributed by atoms with E-state index in [0.29, 0.717) is 6.61 Å². The molecule has 182 valence electrons. The Bertz CT molecular complexity index is 718. The zero-order valence-electron chi connectivity index (χ0n) is 20.7.